The van der Waals surface area contributed by atoms with E-state index in [4.69, 9.17) is 9.47 Å². The second kappa shape index (κ2) is 7.47. The van der Waals surface area contributed by atoms with Crippen molar-refractivity contribution < 1.29 is 19.5 Å². The zero-order valence-electron chi connectivity index (χ0n) is 12.7. The largest absolute Gasteiger partial charge is 0.497 e. The number of carbonyl (C=O) groups is 1. The van der Waals surface area contributed by atoms with Crippen LogP contribution >= 0.6 is 0 Å². The Balaban J connectivity index is 2.04. The normalized spacial score (nSPS) is 15.7. The molecule has 1 aliphatic rings. The number of ketones is 1. The summed E-state index contributed by atoms with van der Waals surface area (Å²) in [6.45, 7) is 2.57. The third-order valence-electron chi connectivity index (χ3n) is 3.07. The number of benzene rings is 1. The molecule has 0 fully saturated rings. The lowest BCUT2D eigenvalue weighted by atomic mass is 10.1. The summed E-state index contributed by atoms with van der Waals surface area (Å²) >= 11 is 0. The highest BCUT2D eigenvalue weighted by molar-refractivity contribution is 6.04. The molecule has 0 radical (unpaired) electrons. The van der Waals surface area contributed by atoms with E-state index < -0.39 is 0 Å². The maximum Gasteiger partial charge on any atom is 0.220 e. The first kappa shape index (κ1) is 15.9. The predicted octanol–water partition coefficient (Wildman–Crippen LogP) is 2.83. The molecular formula is C17H19NO4. The Morgan fingerprint density at radius 2 is 1.95 bits per heavy atom. The van der Waals surface area contributed by atoms with Gasteiger partial charge in [-0.25, -0.2) is 0 Å². The van der Waals surface area contributed by atoms with E-state index in [1.165, 1.54) is 6.08 Å². The summed E-state index contributed by atoms with van der Waals surface area (Å²) in [7, 11) is 1.61. The van der Waals surface area contributed by atoms with Gasteiger partial charge in [0.25, 0.3) is 0 Å². The van der Waals surface area contributed by atoms with Gasteiger partial charge >= 0.3 is 0 Å². The summed E-state index contributed by atoms with van der Waals surface area (Å²) in [6.07, 6.45) is 6.23. The van der Waals surface area contributed by atoms with Crippen molar-refractivity contribution in [2.24, 2.45) is 0 Å². The number of hydrogen-bond donors (Lipinski definition) is 1. The lowest BCUT2D eigenvalue weighted by Gasteiger charge is -2.15. The van der Waals surface area contributed by atoms with Gasteiger partial charge in [-0.15, -0.1) is 0 Å². The van der Waals surface area contributed by atoms with Gasteiger partial charge < -0.3 is 9.47 Å². The smallest absolute Gasteiger partial charge is 0.220 e. The van der Waals surface area contributed by atoms with Crippen LogP contribution < -0.4 is 4.74 Å². The quantitative estimate of drug-likeness (QED) is 0.819. The van der Waals surface area contributed by atoms with Crippen LogP contribution in [0, 0.1) is 0 Å². The molecule has 5 heteroatoms. The van der Waals surface area contributed by atoms with E-state index in [-0.39, 0.29) is 11.5 Å². The minimum atomic E-state index is -0.168. The second-order valence-corrected chi connectivity index (χ2v) is 4.71. The standard InChI is InChI=1S/C17H19NO4/c1-3-22-17-10-14(6-9-16(17)19)12-18(20)11-13-4-7-15(21-2)8-5-13/h4-10,12,20H,3,11H2,1-2H3/b14-12+. The molecule has 22 heavy (non-hydrogen) atoms. The van der Waals surface area contributed by atoms with E-state index in [0.29, 0.717) is 18.7 Å². The Hall–Kier alpha value is -2.53. The molecule has 0 aromatic heterocycles. The average Bonchev–Trinajstić information content (AvgIpc) is 2.51. The van der Waals surface area contributed by atoms with Crippen molar-refractivity contribution in [1.82, 2.24) is 5.06 Å². The third kappa shape index (κ3) is 4.23. The van der Waals surface area contributed by atoms with Gasteiger partial charge in [-0.3, -0.25) is 15.1 Å². The van der Waals surface area contributed by atoms with Crippen LogP contribution in [0.5, 0.6) is 5.75 Å². The number of methoxy groups -OCH3 is 1. The highest BCUT2D eigenvalue weighted by Crippen LogP contribution is 2.16. The van der Waals surface area contributed by atoms with E-state index in [2.05, 4.69) is 0 Å². The van der Waals surface area contributed by atoms with Crippen LogP contribution in [0.2, 0.25) is 0 Å². The van der Waals surface area contributed by atoms with Gasteiger partial charge in [0.2, 0.25) is 5.78 Å². The Bertz CT molecular complexity index is 614. The van der Waals surface area contributed by atoms with Gasteiger partial charge in [0.1, 0.15) is 5.75 Å². The van der Waals surface area contributed by atoms with Crippen LogP contribution in [0.25, 0.3) is 0 Å². The van der Waals surface area contributed by atoms with Gasteiger partial charge in [0, 0.05) is 6.20 Å². The number of ether oxygens (including phenoxy) is 2. The van der Waals surface area contributed by atoms with E-state index in [1.54, 1.807) is 25.5 Å². The number of nitrogens with zero attached hydrogens (tertiary/aromatic N) is 1. The van der Waals surface area contributed by atoms with Crippen molar-refractivity contribution in [1.29, 1.82) is 0 Å². The number of carbonyl (C=O) groups excluding carboxylic acids is 1. The van der Waals surface area contributed by atoms with Crippen LogP contribution in [-0.2, 0) is 16.1 Å². The molecule has 116 valence electrons. The highest BCUT2D eigenvalue weighted by Gasteiger charge is 2.12. The average molecular weight is 301 g/mol. The van der Waals surface area contributed by atoms with E-state index in [0.717, 1.165) is 16.4 Å². The monoisotopic (exact) mass is 301 g/mol. The Morgan fingerprint density at radius 3 is 2.59 bits per heavy atom. The summed E-state index contributed by atoms with van der Waals surface area (Å²) in [6, 6.07) is 7.43. The number of hydrogen-bond acceptors (Lipinski definition) is 5. The van der Waals surface area contributed by atoms with Gasteiger partial charge in [-0.1, -0.05) is 12.1 Å². The topological polar surface area (TPSA) is 59.0 Å². The summed E-state index contributed by atoms with van der Waals surface area (Å²) in [5, 5.41) is 11.1. The molecule has 0 aliphatic heterocycles. The van der Waals surface area contributed by atoms with Crippen LogP contribution in [0.15, 0.2) is 60.0 Å². The highest BCUT2D eigenvalue weighted by atomic mass is 16.5. The van der Waals surface area contributed by atoms with Crippen molar-refractivity contribution in [2.75, 3.05) is 13.7 Å². The fourth-order valence-electron chi connectivity index (χ4n) is 2.01. The molecule has 0 atom stereocenters. The van der Waals surface area contributed by atoms with Crippen molar-refractivity contribution in [3.8, 4) is 5.75 Å². The molecule has 0 saturated carbocycles. The van der Waals surface area contributed by atoms with Crippen molar-refractivity contribution in [2.45, 2.75) is 13.5 Å². The van der Waals surface area contributed by atoms with Gasteiger partial charge in [0.05, 0.1) is 20.3 Å². The van der Waals surface area contributed by atoms with Crippen LogP contribution in [0.3, 0.4) is 0 Å². The summed E-state index contributed by atoms with van der Waals surface area (Å²) in [5.74, 6) is 0.886. The summed E-state index contributed by atoms with van der Waals surface area (Å²) in [4.78, 5) is 11.6. The first-order chi connectivity index (χ1) is 10.6. The van der Waals surface area contributed by atoms with E-state index in [1.807, 2.05) is 31.2 Å². The Kier molecular flexibility index (Phi) is 5.38. The summed E-state index contributed by atoms with van der Waals surface area (Å²) in [5.41, 5.74) is 1.63. The molecule has 2 rings (SSSR count). The lowest BCUT2D eigenvalue weighted by Crippen LogP contribution is -2.13. The van der Waals surface area contributed by atoms with E-state index in [9.17, 15) is 10.0 Å². The van der Waals surface area contributed by atoms with Crippen molar-refractivity contribution in [3.05, 3.63) is 65.6 Å². The third-order valence-corrected chi connectivity index (χ3v) is 3.07. The molecule has 0 spiro atoms. The number of hydroxylamine groups is 2. The van der Waals surface area contributed by atoms with Crippen molar-refractivity contribution >= 4 is 5.78 Å². The van der Waals surface area contributed by atoms with Gasteiger partial charge in [-0.05, 0) is 48.4 Å². The fourth-order valence-corrected chi connectivity index (χ4v) is 2.01. The molecule has 0 unspecified atom stereocenters. The summed E-state index contributed by atoms with van der Waals surface area (Å²) < 4.78 is 10.3. The maximum absolute atomic E-state index is 11.6. The molecule has 1 aliphatic carbocycles. The molecule has 1 N–H and O–H groups in total. The number of allylic oxidation sites excluding steroid dienone is 4. The SMILES string of the molecule is CCOC1=C/C(=C/N(O)Cc2ccc(OC)cc2)C=CC1=O. The molecule has 0 amide bonds. The number of rotatable bonds is 6. The fraction of sp³-hybridized carbons (Fsp3) is 0.235. The zero-order chi connectivity index (χ0) is 15.9. The van der Waals surface area contributed by atoms with Crippen LogP contribution in [0.1, 0.15) is 12.5 Å². The lowest BCUT2D eigenvalue weighted by molar-refractivity contribution is -0.114. The molecule has 1 aromatic carbocycles. The van der Waals surface area contributed by atoms with E-state index >= 15 is 0 Å². The Morgan fingerprint density at radius 1 is 1.23 bits per heavy atom. The maximum atomic E-state index is 11.6. The predicted molar refractivity (Wildman–Crippen MR) is 82.3 cm³/mol. The molecule has 5 nitrogen and oxygen atoms in total. The zero-order valence-corrected chi connectivity index (χ0v) is 12.7. The first-order valence-electron chi connectivity index (χ1n) is 6.99. The van der Waals surface area contributed by atoms with Gasteiger partial charge in [-0.2, -0.15) is 0 Å². The molecule has 1 aromatic rings. The molecule has 0 saturated heterocycles. The second-order valence-electron chi connectivity index (χ2n) is 4.71. The van der Waals surface area contributed by atoms with Crippen molar-refractivity contribution in [3.63, 3.8) is 0 Å². The first-order valence-corrected chi connectivity index (χ1v) is 6.99. The molecular weight excluding hydrogens is 282 g/mol. The molecule has 0 heterocycles. The molecule has 0 bridgehead atoms. The minimum absolute atomic E-state index is 0.168. The Labute approximate surface area is 129 Å². The van der Waals surface area contributed by atoms with Crippen LogP contribution in [-0.4, -0.2) is 29.8 Å². The minimum Gasteiger partial charge on any atom is -0.497 e. The van der Waals surface area contributed by atoms with Gasteiger partial charge in [0.15, 0.2) is 5.76 Å². The van der Waals surface area contributed by atoms with Crippen LogP contribution in [0.4, 0.5) is 0 Å².